The van der Waals surface area contributed by atoms with Gasteiger partial charge in [-0.05, 0) is 44.7 Å². The molecule has 1 aromatic carbocycles. The monoisotopic (exact) mass is 263 g/mol. The summed E-state index contributed by atoms with van der Waals surface area (Å²) in [5, 5.41) is 0. The van der Waals surface area contributed by atoms with E-state index in [4.69, 9.17) is 15.2 Å². The smallest absolute Gasteiger partial charge is 0.124 e. The lowest BCUT2D eigenvalue weighted by atomic mass is 9.94. The van der Waals surface area contributed by atoms with E-state index in [2.05, 4.69) is 25.1 Å². The largest absolute Gasteiger partial charge is 0.490 e. The van der Waals surface area contributed by atoms with Crippen molar-refractivity contribution in [2.24, 2.45) is 5.73 Å². The van der Waals surface area contributed by atoms with E-state index in [0.29, 0.717) is 6.10 Å². The highest BCUT2D eigenvalue weighted by Gasteiger charge is 2.24. The van der Waals surface area contributed by atoms with Crippen LogP contribution in [0.15, 0.2) is 18.2 Å². The molecule has 2 unspecified atom stereocenters. The fraction of sp³-hybridized carbons (Fsp3) is 0.625. The minimum atomic E-state index is -0.00240. The molecule has 0 aromatic heterocycles. The molecular formula is C16H25NO2. The van der Waals surface area contributed by atoms with Gasteiger partial charge in [-0.1, -0.05) is 12.1 Å². The summed E-state index contributed by atoms with van der Waals surface area (Å²) in [5.74, 6) is 0.941. The molecule has 0 heterocycles. The number of benzene rings is 1. The third-order valence-electron chi connectivity index (χ3n) is 3.86. The van der Waals surface area contributed by atoms with Crippen LogP contribution >= 0.6 is 0 Å². The number of methoxy groups -OCH3 is 1. The van der Waals surface area contributed by atoms with Gasteiger partial charge in [0.1, 0.15) is 11.9 Å². The second kappa shape index (κ2) is 6.40. The van der Waals surface area contributed by atoms with Crippen LogP contribution in [-0.4, -0.2) is 19.3 Å². The average Bonchev–Trinajstić information content (AvgIpc) is 2.38. The van der Waals surface area contributed by atoms with Crippen LogP contribution in [0.2, 0.25) is 0 Å². The summed E-state index contributed by atoms with van der Waals surface area (Å²) in [7, 11) is 1.78. The number of hydrogen-bond donors (Lipinski definition) is 1. The van der Waals surface area contributed by atoms with Crippen LogP contribution in [0.25, 0.3) is 0 Å². The molecule has 1 aliphatic rings. The predicted molar refractivity (Wildman–Crippen MR) is 77.5 cm³/mol. The van der Waals surface area contributed by atoms with Gasteiger partial charge in [-0.15, -0.1) is 0 Å². The summed E-state index contributed by atoms with van der Waals surface area (Å²) in [4.78, 5) is 0. The molecule has 3 atom stereocenters. The fourth-order valence-electron chi connectivity index (χ4n) is 2.72. The highest BCUT2D eigenvalue weighted by molar-refractivity contribution is 5.39. The molecule has 1 aromatic rings. The van der Waals surface area contributed by atoms with Gasteiger partial charge in [-0.3, -0.25) is 0 Å². The van der Waals surface area contributed by atoms with Crippen molar-refractivity contribution in [1.82, 2.24) is 0 Å². The van der Waals surface area contributed by atoms with E-state index in [1.54, 1.807) is 7.11 Å². The Morgan fingerprint density at radius 1 is 1.26 bits per heavy atom. The van der Waals surface area contributed by atoms with E-state index in [1.165, 1.54) is 12.0 Å². The molecule has 2 N–H and O–H groups in total. The van der Waals surface area contributed by atoms with Gasteiger partial charge >= 0.3 is 0 Å². The Bertz CT molecular complexity index is 417. The summed E-state index contributed by atoms with van der Waals surface area (Å²) < 4.78 is 11.7. The normalized spacial score (nSPS) is 25.1. The van der Waals surface area contributed by atoms with Crippen LogP contribution in [-0.2, 0) is 4.74 Å². The zero-order valence-electron chi connectivity index (χ0n) is 12.2. The summed E-state index contributed by atoms with van der Waals surface area (Å²) in [6.45, 7) is 4.08. The fourth-order valence-corrected chi connectivity index (χ4v) is 2.72. The van der Waals surface area contributed by atoms with E-state index >= 15 is 0 Å². The molecule has 0 amide bonds. The Balaban J connectivity index is 2.11. The van der Waals surface area contributed by atoms with E-state index < -0.39 is 0 Å². The number of hydrogen-bond acceptors (Lipinski definition) is 3. The highest BCUT2D eigenvalue weighted by Crippen LogP contribution is 2.30. The van der Waals surface area contributed by atoms with Crippen molar-refractivity contribution >= 4 is 0 Å². The lowest BCUT2D eigenvalue weighted by Crippen LogP contribution is -2.30. The van der Waals surface area contributed by atoms with Crippen LogP contribution in [0.3, 0.4) is 0 Å². The first-order valence-corrected chi connectivity index (χ1v) is 7.15. The van der Waals surface area contributed by atoms with E-state index in [0.717, 1.165) is 30.6 Å². The predicted octanol–water partition coefficient (Wildman–Crippen LogP) is 3.35. The number of nitrogens with two attached hydrogens (primary N) is 1. The van der Waals surface area contributed by atoms with Gasteiger partial charge in [0.05, 0.1) is 6.10 Å². The summed E-state index contributed by atoms with van der Waals surface area (Å²) in [6, 6.07) is 6.25. The van der Waals surface area contributed by atoms with E-state index in [-0.39, 0.29) is 12.1 Å². The van der Waals surface area contributed by atoms with E-state index in [1.807, 2.05) is 6.92 Å². The zero-order valence-corrected chi connectivity index (χ0v) is 12.2. The topological polar surface area (TPSA) is 44.5 Å². The van der Waals surface area contributed by atoms with Gasteiger partial charge in [0.25, 0.3) is 0 Å². The Labute approximate surface area is 116 Å². The van der Waals surface area contributed by atoms with Crippen LogP contribution in [0.1, 0.15) is 49.8 Å². The van der Waals surface area contributed by atoms with Gasteiger partial charge in [0, 0.05) is 25.1 Å². The lowest BCUT2D eigenvalue weighted by molar-refractivity contribution is 0.0206. The molecule has 0 aliphatic heterocycles. The molecule has 0 bridgehead atoms. The number of ether oxygens (including phenoxy) is 2. The van der Waals surface area contributed by atoms with Crippen molar-refractivity contribution in [3.05, 3.63) is 29.3 Å². The second-order valence-electron chi connectivity index (χ2n) is 5.59. The molecule has 1 saturated carbocycles. The maximum atomic E-state index is 6.20. The van der Waals surface area contributed by atoms with Crippen molar-refractivity contribution in [2.45, 2.75) is 57.8 Å². The van der Waals surface area contributed by atoms with Crippen LogP contribution in [0.4, 0.5) is 0 Å². The quantitative estimate of drug-likeness (QED) is 0.906. The summed E-state index contributed by atoms with van der Waals surface area (Å²) in [6.07, 6.45) is 4.97. The summed E-state index contributed by atoms with van der Waals surface area (Å²) in [5.41, 5.74) is 8.31. The zero-order chi connectivity index (χ0) is 13.8. The van der Waals surface area contributed by atoms with Gasteiger partial charge in [-0.25, -0.2) is 0 Å². The van der Waals surface area contributed by atoms with Crippen molar-refractivity contribution in [2.75, 3.05) is 7.11 Å². The van der Waals surface area contributed by atoms with Gasteiger partial charge in [0.15, 0.2) is 0 Å². The average molecular weight is 263 g/mol. The van der Waals surface area contributed by atoms with E-state index in [9.17, 15) is 0 Å². The summed E-state index contributed by atoms with van der Waals surface area (Å²) >= 11 is 0. The van der Waals surface area contributed by atoms with Crippen molar-refractivity contribution in [1.29, 1.82) is 0 Å². The van der Waals surface area contributed by atoms with Crippen LogP contribution < -0.4 is 10.5 Å². The van der Waals surface area contributed by atoms with Crippen molar-refractivity contribution < 1.29 is 9.47 Å². The Hall–Kier alpha value is -1.06. The third-order valence-corrected chi connectivity index (χ3v) is 3.86. The lowest BCUT2D eigenvalue weighted by Gasteiger charge is -2.29. The minimum Gasteiger partial charge on any atom is -0.490 e. The standard InChI is InChI=1S/C16H25NO2/c1-11-7-8-15(12(2)17)16(9-11)19-14-6-4-5-13(10-14)18-3/h7-9,12-14H,4-6,10,17H2,1-3H3/t12-,13?,14?/m1/s1. The molecule has 1 fully saturated rings. The second-order valence-corrected chi connectivity index (χ2v) is 5.59. The molecule has 0 spiro atoms. The molecule has 3 nitrogen and oxygen atoms in total. The van der Waals surface area contributed by atoms with Gasteiger partial charge < -0.3 is 15.2 Å². The van der Waals surface area contributed by atoms with Crippen molar-refractivity contribution in [3.8, 4) is 5.75 Å². The minimum absolute atomic E-state index is 0.00240. The SMILES string of the molecule is COC1CCCC(Oc2cc(C)ccc2[C@@H](C)N)C1. The van der Waals surface area contributed by atoms with Crippen LogP contribution in [0, 0.1) is 6.92 Å². The molecule has 1 aliphatic carbocycles. The molecule has 0 saturated heterocycles. The molecule has 106 valence electrons. The van der Waals surface area contributed by atoms with Gasteiger partial charge in [0.2, 0.25) is 0 Å². The van der Waals surface area contributed by atoms with Crippen LogP contribution in [0.5, 0.6) is 5.75 Å². The first-order valence-electron chi connectivity index (χ1n) is 7.15. The Morgan fingerprint density at radius 3 is 2.68 bits per heavy atom. The molecular weight excluding hydrogens is 238 g/mol. The Morgan fingerprint density at radius 2 is 2.00 bits per heavy atom. The molecule has 0 radical (unpaired) electrons. The van der Waals surface area contributed by atoms with Crippen molar-refractivity contribution in [3.63, 3.8) is 0 Å². The molecule has 2 rings (SSSR count). The maximum absolute atomic E-state index is 6.20. The first-order chi connectivity index (χ1) is 9.10. The number of rotatable bonds is 4. The third kappa shape index (κ3) is 3.71. The van der Waals surface area contributed by atoms with Gasteiger partial charge in [-0.2, -0.15) is 0 Å². The molecule has 3 heteroatoms. The highest BCUT2D eigenvalue weighted by atomic mass is 16.5. The molecule has 19 heavy (non-hydrogen) atoms. The Kier molecular flexibility index (Phi) is 4.83. The first kappa shape index (κ1) is 14.4. The number of aryl methyl sites for hydroxylation is 1. The maximum Gasteiger partial charge on any atom is 0.124 e.